The van der Waals surface area contributed by atoms with Crippen molar-refractivity contribution in [3.8, 4) is 17.2 Å². The summed E-state index contributed by atoms with van der Waals surface area (Å²) < 4.78 is 44.2. The number of ether oxygens (including phenoxy) is 8. The van der Waals surface area contributed by atoms with Gasteiger partial charge in [-0.3, -0.25) is 0 Å². The van der Waals surface area contributed by atoms with E-state index in [1.165, 1.54) is 61.7 Å². The molecule has 58 heavy (non-hydrogen) atoms. The molecule has 21 heteroatoms. The fraction of sp³-hybridized carbons (Fsp3) is 0.514. The molecule has 3 heterocycles. The van der Waals surface area contributed by atoms with E-state index in [1.54, 1.807) is 0 Å². The zero-order chi connectivity index (χ0) is 42.4. The second-order valence-corrected chi connectivity index (χ2v) is 13.5. The molecule has 13 atom stereocenters. The Hall–Kier alpha value is -4.30. The maximum atomic E-state index is 13.0. The normalized spacial score (nSPS) is 35.1. The molecule has 0 radical (unpaired) electrons. The first-order chi connectivity index (χ1) is 27.6. The molecular formula is C37H46O21. The fourth-order valence-corrected chi connectivity index (χ4v) is 6.36. The molecule has 2 aromatic carbocycles. The van der Waals surface area contributed by atoms with Crippen LogP contribution in [0.25, 0.3) is 12.2 Å². The number of phenolic OH excluding ortho intramolecular Hbond substituents is 2. The van der Waals surface area contributed by atoms with Crippen LogP contribution in [0.1, 0.15) is 11.1 Å². The molecular weight excluding hydrogens is 780 g/mol. The van der Waals surface area contributed by atoms with Crippen LogP contribution in [0.3, 0.4) is 0 Å². The molecule has 3 saturated heterocycles. The molecule has 0 amide bonds. The monoisotopic (exact) mass is 826 g/mol. The first-order valence-corrected chi connectivity index (χ1v) is 17.7. The first kappa shape index (κ1) is 44.8. The Morgan fingerprint density at radius 2 is 1.36 bits per heavy atom. The van der Waals surface area contributed by atoms with Gasteiger partial charge in [0, 0.05) is 12.2 Å². The molecule has 3 aliphatic heterocycles. The Morgan fingerprint density at radius 1 is 0.741 bits per heavy atom. The Morgan fingerprint density at radius 3 is 2.00 bits per heavy atom. The Kier molecular flexibility index (Phi) is 14.8. The third kappa shape index (κ3) is 9.76. The number of hydrogen-bond donors (Lipinski definition) is 11. The number of aliphatic hydroxyl groups excluding tert-OH is 9. The van der Waals surface area contributed by atoms with Crippen molar-refractivity contribution in [1.82, 2.24) is 0 Å². The lowest BCUT2D eigenvalue weighted by atomic mass is 9.98. The zero-order valence-corrected chi connectivity index (χ0v) is 30.7. The van der Waals surface area contributed by atoms with Gasteiger partial charge in [-0.1, -0.05) is 18.2 Å². The largest absolute Gasteiger partial charge is 0.508 e. The molecule has 0 aromatic heterocycles. The number of phenols is 2. The van der Waals surface area contributed by atoms with Crippen LogP contribution in [0.5, 0.6) is 17.2 Å². The topological polar surface area (TPSA) is 331 Å². The standard InChI is InChI=1S/C37H46O21/c1-51-22-12-19(4-9-21(22)42)6-11-27(44)55-34-30(47)24(14-39)56-36(34,16-40)53-17-37(33(50)29(46)23(13-38)57-37)58-35-32(49)31(48)28(45)25(54-35)15-52-26(43)10-5-18-2-7-20(41)8-3-18/h2-12,23-25,28-35,38-42,45-50H,13-17H2,1H3/b10-5+,11-6+/t23-,24-,25-,28-,29-,30-,31+,32-,33+,34+,35-,36-,37+/m1/s1. The minimum atomic E-state index is -2.70. The minimum absolute atomic E-state index is 0.00336. The van der Waals surface area contributed by atoms with Crippen LogP contribution in [0, 0.1) is 0 Å². The molecule has 21 nitrogen and oxygen atoms in total. The van der Waals surface area contributed by atoms with E-state index in [0.717, 1.165) is 12.2 Å². The van der Waals surface area contributed by atoms with E-state index in [2.05, 4.69) is 0 Å². The van der Waals surface area contributed by atoms with Crippen molar-refractivity contribution in [3.05, 3.63) is 65.7 Å². The predicted octanol–water partition coefficient (Wildman–Crippen LogP) is -3.62. The van der Waals surface area contributed by atoms with Gasteiger partial charge in [-0.25, -0.2) is 9.59 Å². The molecule has 5 rings (SSSR count). The number of rotatable bonds is 16. The second kappa shape index (κ2) is 19.2. The summed E-state index contributed by atoms with van der Waals surface area (Å²) in [4.78, 5) is 25.4. The van der Waals surface area contributed by atoms with Gasteiger partial charge in [0.1, 0.15) is 80.5 Å². The molecule has 0 saturated carbocycles. The summed E-state index contributed by atoms with van der Waals surface area (Å²) in [5.74, 6) is -7.35. The number of aliphatic hydroxyl groups is 9. The highest BCUT2D eigenvalue weighted by molar-refractivity contribution is 5.87. The molecule has 2 aromatic rings. The van der Waals surface area contributed by atoms with E-state index in [4.69, 9.17) is 37.9 Å². The molecule has 0 aliphatic carbocycles. The summed E-state index contributed by atoms with van der Waals surface area (Å²) in [6.07, 6.45) is -16.1. The summed E-state index contributed by atoms with van der Waals surface area (Å²) in [7, 11) is 1.32. The number of methoxy groups -OCH3 is 1. The van der Waals surface area contributed by atoms with Gasteiger partial charge >= 0.3 is 11.9 Å². The van der Waals surface area contributed by atoms with Gasteiger partial charge in [0.15, 0.2) is 23.9 Å². The van der Waals surface area contributed by atoms with E-state index in [9.17, 15) is 65.8 Å². The van der Waals surface area contributed by atoms with Crippen LogP contribution in [-0.4, -0.2) is 187 Å². The van der Waals surface area contributed by atoms with Gasteiger partial charge in [0.2, 0.25) is 11.6 Å². The first-order valence-electron chi connectivity index (χ1n) is 17.7. The summed E-state index contributed by atoms with van der Waals surface area (Å²) in [5, 5.41) is 115. The smallest absolute Gasteiger partial charge is 0.331 e. The van der Waals surface area contributed by atoms with Crippen molar-refractivity contribution in [2.24, 2.45) is 0 Å². The lowest BCUT2D eigenvalue weighted by Gasteiger charge is -2.44. The molecule has 3 aliphatic rings. The van der Waals surface area contributed by atoms with Crippen molar-refractivity contribution in [1.29, 1.82) is 0 Å². The van der Waals surface area contributed by atoms with Crippen molar-refractivity contribution < 1.29 is 104 Å². The van der Waals surface area contributed by atoms with Crippen LogP contribution in [0.4, 0.5) is 0 Å². The van der Waals surface area contributed by atoms with Gasteiger partial charge in [-0.2, -0.15) is 0 Å². The van der Waals surface area contributed by atoms with Crippen molar-refractivity contribution in [3.63, 3.8) is 0 Å². The van der Waals surface area contributed by atoms with Crippen LogP contribution < -0.4 is 4.74 Å². The van der Waals surface area contributed by atoms with Crippen molar-refractivity contribution in [2.75, 3.05) is 40.1 Å². The number of aromatic hydroxyl groups is 2. The Balaban J connectivity index is 1.34. The third-order valence-electron chi connectivity index (χ3n) is 9.62. The number of carbonyl (C=O) groups is 2. The number of carbonyl (C=O) groups excluding carboxylic acids is 2. The summed E-state index contributed by atoms with van der Waals surface area (Å²) >= 11 is 0. The Bertz CT molecular complexity index is 1750. The van der Waals surface area contributed by atoms with E-state index in [0.29, 0.717) is 11.1 Å². The predicted molar refractivity (Wildman–Crippen MR) is 190 cm³/mol. The zero-order valence-electron chi connectivity index (χ0n) is 30.7. The van der Waals surface area contributed by atoms with Gasteiger partial charge in [-0.15, -0.1) is 0 Å². The number of benzene rings is 2. The highest BCUT2D eigenvalue weighted by Gasteiger charge is 2.63. The molecule has 11 N–H and O–H groups in total. The average molecular weight is 827 g/mol. The van der Waals surface area contributed by atoms with Gasteiger partial charge in [-0.05, 0) is 47.5 Å². The molecule has 0 bridgehead atoms. The van der Waals surface area contributed by atoms with E-state index < -0.39 is 124 Å². The summed E-state index contributed by atoms with van der Waals surface area (Å²) in [5.41, 5.74) is 0.909. The highest BCUT2D eigenvalue weighted by atomic mass is 16.8. The van der Waals surface area contributed by atoms with Crippen LogP contribution in [0.2, 0.25) is 0 Å². The molecule has 0 spiro atoms. The maximum absolute atomic E-state index is 13.0. The van der Waals surface area contributed by atoms with E-state index in [-0.39, 0.29) is 17.2 Å². The molecule has 320 valence electrons. The lowest BCUT2D eigenvalue weighted by molar-refractivity contribution is -0.399. The molecule has 3 fully saturated rings. The third-order valence-corrected chi connectivity index (χ3v) is 9.62. The van der Waals surface area contributed by atoms with Gasteiger partial charge < -0.3 is 94.1 Å². The van der Waals surface area contributed by atoms with Crippen LogP contribution >= 0.6 is 0 Å². The van der Waals surface area contributed by atoms with Crippen molar-refractivity contribution in [2.45, 2.75) is 78.9 Å². The average Bonchev–Trinajstić information content (AvgIpc) is 3.63. The SMILES string of the molecule is COc1cc(/C=C/C(=O)O[C@H]2[C@H](O)[C@@H](CO)O[C@@]2(CO)OC[C@@]2(O[C@H]3O[C@H](COC(=O)/C=C/c4ccc(O)cc4)[C@@H](O)[C@H](O)[C@H]3O)O[C@H](CO)[C@@H](O)[C@@H]2O)ccc1O. The van der Waals surface area contributed by atoms with Crippen LogP contribution in [0.15, 0.2) is 54.6 Å². The fourth-order valence-electron chi connectivity index (χ4n) is 6.36. The highest BCUT2D eigenvalue weighted by Crippen LogP contribution is 2.41. The van der Waals surface area contributed by atoms with Gasteiger partial charge in [0.25, 0.3) is 0 Å². The van der Waals surface area contributed by atoms with E-state index >= 15 is 0 Å². The van der Waals surface area contributed by atoms with Crippen LogP contribution in [-0.2, 0) is 42.7 Å². The van der Waals surface area contributed by atoms with Gasteiger partial charge in [0.05, 0.1) is 20.3 Å². The van der Waals surface area contributed by atoms with Crippen molar-refractivity contribution >= 4 is 24.1 Å². The summed E-state index contributed by atoms with van der Waals surface area (Å²) in [6, 6.07) is 9.96. The lowest BCUT2D eigenvalue weighted by Crippen LogP contribution is -2.63. The molecule has 0 unspecified atom stereocenters. The summed E-state index contributed by atoms with van der Waals surface area (Å²) in [6.45, 7) is -4.85. The number of hydrogen-bond acceptors (Lipinski definition) is 21. The quantitative estimate of drug-likeness (QED) is 0.0575. The second-order valence-electron chi connectivity index (χ2n) is 13.5. The number of esters is 2. The Labute approximate surface area is 329 Å². The van der Waals surface area contributed by atoms with E-state index in [1.807, 2.05) is 0 Å². The minimum Gasteiger partial charge on any atom is -0.508 e. The maximum Gasteiger partial charge on any atom is 0.331 e.